The molecule has 26 heavy (non-hydrogen) atoms. The van der Waals surface area contributed by atoms with Gasteiger partial charge in [-0.15, -0.1) is 24.0 Å². The molecule has 0 unspecified atom stereocenters. The van der Waals surface area contributed by atoms with Gasteiger partial charge in [-0.1, -0.05) is 31.0 Å². The van der Waals surface area contributed by atoms with E-state index in [-0.39, 0.29) is 29.9 Å². The second-order valence-corrected chi connectivity index (χ2v) is 7.70. The van der Waals surface area contributed by atoms with Crippen molar-refractivity contribution < 1.29 is 4.79 Å². The van der Waals surface area contributed by atoms with Gasteiger partial charge in [0.25, 0.3) is 0 Å². The molecule has 2 aliphatic heterocycles. The standard InChI is InChI=1S/C20H28N4O.HI/c1-21-19(23-13-11-20(15-23)9-4-5-10-20)22-14-18(25)24-12-8-16-6-2-3-7-17(16)24;/h2-3,6-7H,4-5,8-15H2,1H3,(H,21,22);1H. The van der Waals surface area contributed by atoms with Gasteiger partial charge in [0, 0.05) is 32.4 Å². The molecule has 0 radical (unpaired) electrons. The van der Waals surface area contributed by atoms with Gasteiger partial charge < -0.3 is 15.1 Å². The maximum atomic E-state index is 12.7. The average Bonchev–Trinajstić information content (AvgIpc) is 3.36. The minimum absolute atomic E-state index is 0. The maximum absolute atomic E-state index is 12.7. The lowest BCUT2D eigenvalue weighted by molar-refractivity contribution is -0.117. The van der Waals surface area contributed by atoms with Crippen LogP contribution in [0.4, 0.5) is 5.69 Å². The third-order valence-electron chi connectivity index (χ3n) is 6.20. The summed E-state index contributed by atoms with van der Waals surface area (Å²) in [6.45, 7) is 3.24. The van der Waals surface area contributed by atoms with Gasteiger partial charge in [-0.2, -0.15) is 0 Å². The molecule has 0 atom stereocenters. The Hall–Kier alpha value is -1.31. The highest BCUT2D eigenvalue weighted by atomic mass is 127. The fourth-order valence-electron chi connectivity index (χ4n) is 4.83. The Morgan fingerprint density at radius 3 is 2.73 bits per heavy atom. The van der Waals surface area contributed by atoms with Gasteiger partial charge in [-0.25, -0.2) is 0 Å². The Morgan fingerprint density at radius 2 is 1.96 bits per heavy atom. The maximum Gasteiger partial charge on any atom is 0.246 e. The van der Waals surface area contributed by atoms with Crippen LogP contribution in [0.5, 0.6) is 0 Å². The summed E-state index contributed by atoms with van der Waals surface area (Å²) < 4.78 is 0. The first-order valence-electron chi connectivity index (χ1n) is 9.55. The molecule has 1 aromatic rings. The topological polar surface area (TPSA) is 47.9 Å². The Kier molecular flexibility index (Phi) is 6.10. The molecule has 1 N–H and O–H groups in total. The highest BCUT2D eigenvalue weighted by Gasteiger charge is 2.41. The molecule has 6 heteroatoms. The van der Waals surface area contributed by atoms with Crippen LogP contribution in [0.3, 0.4) is 0 Å². The molecule has 1 saturated heterocycles. The van der Waals surface area contributed by atoms with Crippen molar-refractivity contribution in [1.82, 2.24) is 10.2 Å². The van der Waals surface area contributed by atoms with Crippen molar-refractivity contribution in [1.29, 1.82) is 0 Å². The van der Waals surface area contributed by atoms with E-state index in [9.17, 15) is 4.79 Å². The molecule has 3 aliphatic rings. The number of nitrogens with zero attached hydrogens (tertiary/aromatic N) is 3. The van der Waals surface area contributed by atoms with E-state index in [1.807, 2.05) is 30.1 Å². The summed E-state index contributed by atoms with van der Waals surface area (Å²) in [5.41, 5.74) is 2.84. The number of fused-ring (bicyclic) bond motifs is 1. The second-order valence-electron chi connectivity index (χ2n) is 7.70. The number of hydrogen-bond donors (Lipinski definition) is 1. The number of likely N-dealkylation sites (tertiary alicyclic amines) is 1. The first-order valence-corrected chi connectivity index (χ1v) is 9.55. The number of guanidine groups is 1. The molecule has 0 bridgehead atoms. The number of benzene rings is 1. The largest absolute Gasteiger partial charge is 0.347 e. The summed E-state index contributed by atoms with van der Waals surface area (Å²) in [5, 5.41) is 3.31. The van der Waals surface area contributed by atoms with Crippen LogP contribution in [-0.4, -0.2) is 50.0 Å². The zero-order valence-corrected chi connectivity index (χ0v) is 17.9. The SMILES string of the molecule is CN=C(NCC(=O)N1CCc2ccccc21)N1CCC2(CCCC2)C1.I. The van der Waals surface area contributed by atoms with Gasteiger partial charge >= 0.3 is 0 Å². The van der Waals surface area contributed by atoms with Crippen LogP contribution in [0.2, 0.25) is 0 Å². The smallest absolute Gasteiger partial charge is 0.246 e. The summed E-state index contributed by atoms with van der Waals surface area (Å²) in [6.07, 6.45) is 7.65. The van der Waals surface area contributed by atoms with Crippen molar-refractivity contribution in [2.24, 2.45) is 10.4 Å². The van der Waals surface area contributed by atoms with Gasteiger partial charge in [0.2, 0.25) is 5.91 Å². The third kappa shape index (κ3) is 3.70. The number of carbonyl (C=O) groups excluding carboxylic acids is 1. The molecule has 1 spiro atoms. The normalized spacial score (nSPS) is 21.0. The van der Waals surface area contributed by atoms with E-state index >= 15 is 0 Å². The fourth-order valence-corrected chi connectivity index (χ4v) is 4.83. The molecule has 2 fully saturated rings. The number of rotatable bonds is 2. The molecule has 5 nitrogen and oxygen atoms in total. The second kappa shape index (κ2) is 8.15. The van der Waals surface area contributed by atoms with Crippen LogP contribution in [0, 0.1) is 5.41 Å². The Balaban J connectivity index is 0.00000196. The minimum atomic E-state index is 0. The molecule has 4 rings (SSSR count). The van der Waals surface area contributed by atoms with Gasteiger partial charge in [0.05, 0.1) is 6.54 Å². The van der Waals surface area contributed by atoms with Crippen LogP contribution in [0.1, 0.15) is 37.7 Å². The Bertz CT molecular complexity index is 684. The van der Waals surface area contributed by atoms with E-state index < -0.39 is 0 Å². The van der Waals surface area contributed by atoms with Crippen LogP contribution in [0.25, 0.3) is 0 Å². The molecule has 0 aromatic heterocycles. The number of halogens is 1. The highest BCUT2D eigenvalue weighted by molar-refractivity contribution is 14.0. The zero-order chi connectivity index (χ0) is 17.3. The average molecular weight is 468 g/mol. The monoisotopic (exact) mass is 468 g/mol. The number of amides is 1. The Morgan fingerprint density at radius 1 is 1.19 bits per heavy atom. The predicted molar refractivity (Wildman–Crippen MR) is 116 cm³/mol. The quantitative estimate of drug-likeness (QED) is 0.413. The van der Waals surface area contributed by atoms with Crippen molar-refractivity contribution in [2.45, 2.75) is 38.5 Å². The van der Waals surface area contributed by atoms with Gasteiger partial charge in [-0.05, 0) is 42.7 Å². The summed E-state index contributed by atoms with van der Waals surface area (Å²) in [4.78, 5) is 21.4. The minimum Gasteiger partial charge on any atom is -0.347 e. The van der Waals surface area contributed by atoms with Crippen molar-refractivity contribution in [2.75, 3.05) is 38.1 Å². The van der Waals surface area contributed by atoms with Gasteiger partial charge in [-0.3, -0.25) is 9.79 Å². The van der Waals surface area contributed by atoms with Crippen molar-refractivity contribution >= 4 is 41.5 Å². The number of nitrogens with one attached hydrogen (secondary N) is 1. The van der Waals surface area contributed by atoms with Gasteiger partial charge in [0.15, 0.2) is 5.96 Å². The number of carbonyl (C=O) groups is 1. The molecule has 142 valence electrons. The van der Waals surface area contributed by atoms with Crippen LogP contribution >= 0.6 is 24.0 Å². The van der Waals surface area contributed by atoms with E-state index in [0.717, 1.165) is 37.7 Å². The van der Waals surface area contributed by atoms with Crippen molar-refractivity contribution in [3.63, 3.8) is 0 Å². The lowest BCUT2D eigenvalue weighted by atomic mass is 9.86. The van der Waals surface area contributed by atoms with Crippen molar-refractivity contribution in [3.05, 3.63) is 29.8 Å². The highest BCUT2D eigenvalue weighted by Crippen LogP contribution is 2.45. The third-order valence-corrected chi connectivity index (χ3v) is 6.20. The lowest BCUT2D eigenvalue weighted by Crippen LogP contribution is -2.46. The summed E-state index contributed by atoms with van der Waals surface area (Å²) >= 11 is 0. The molecule has 1 aromatic carbocycles. The molecule has 1 aliphatic carbocycles. The van der Waals surface area contributed by atoms with Gasteiger partial charge in [0.1, 0.15) is 0 Å². The molecule has 1 amide bonds. The molecule has 2 heterocycles. The van der Waals surface area contributed by atoms with E-state index in [0.29, 0.717) is 12.0 Å². The first kappa shape index (κ1) is 19.5. The summed E-state index contributed by atoms with van der Waals surface area (Å²) in [7, 11) is 1.82. The predicted octanol–water partition coefficient (Wildman–Crippen LogP) is 3.04. The molecule has 1 saturated carbocycles. The van der Waals surface area contributed by atoms with Crippen LogP contribution in [0.15, 0.2) is 29.3 Å². The number of aliphatic imine (C=N–C) groups is 1. The van der Waals surface area contributed by atoms with E-state index in [1.54, 1.807) is 0 Å². The Labute approximate surface area is 173 Å². The van der Waals surface area contributed by atoms with Crippen LogP contribution < -0.4 is 10.2 Å². The fraction of sp³-hybridized carbons (Fsp3) is 0.600. The zero-order valence-electron chi connectivity index (χ0n) is 15.5. The van der Waals surface area contributed by atoms with Crippen LogP contribution in [-0.2, 0) is 11.2 Å². The van der Waals surface area contributed by atoms with E-state index in [2.05, 4.69) is 21.3 Å². The molecular weight excluding hydrogens is 439 g/mol. The molecular formula is C20H29IN4O. The number of para-hydroxylation sites is 1. The van der Waals surface area contributed by atoms with Crippen molar-refractivity contribution in [3.8, 4) is 0 Å². The first-order chi connectivity index (χ1) is 12.2. The number of hydrogen-bond acceptors (Lipinski definition) is 2. The summed E-state index contributed by atoms with van der Waals surface area (Å²) in [6, 6.07) is 8.20. The lowest BCUT2D eigenvalue weighted by Gasteiger charge is -2.26. The number of anilines is 1. The summed E-state index contributed by atoms with van der Waals surface area (Å²) in [5.74, 6) is 1.01. The van der Waals surface area contributed by atoms with E-state index in [4.69, 9.17) is 0 Å². The van der Waals surface area contributed by atoms with E-state index in [1.165, 1.54) is 37.7 Å².